The summed E-state index contributed by atoms with van der Waals surface area (Å²) in [7, 11) is 3.49. The molecule has 0 bridgehead atoms. The van der Waals surface area contributed by atoms with Crippen LogP contribution in [0.25, 0.3) is 0 Å². The normalized spacial score (nSPS) is 22.6. The van der Waals surface area contributed by atoms with E-state index in [4.69, 9.17) is 4.74 Å². The third-order valence-electron chi connectivity index (χ3n) is 3.99. The van der Waals surface area contributed by atoms with Crippen molar-refractivity contribution in [1.29, 1.82) is 0 Å². The minimum absolute atomic E-state index is 0.000404. The number of guanidine groups is 1. The van der Waals surface area contributed by atoms with Crippen LogP contribution in [0.3, 0.4) is 0 Å². The van der Waals surface area contributed by atoms with Crippen molar-refractivity contribution in [2.75, 3.05) is 33.8 Å². The fraction of sp³-hybridized carbons (Fsp3) is 0.750. The molecule has 124 valence electrons. The summed E-state index contributed by atoms with van der Waals surface area (Å²) in [5, 5.41) is 6.73. The van der Waals surface area contributed by atoms with Crippen molar-refractivity contribution in [3.63, 3.8) is 0 Å². The van der Waals surface area contributed by atoms with Crippen LogP contribution in [0.1, 0.15) is 32.1 Å². The number of hydrogen-bond acceptors (Lipinski definition) is 3. The molecular weight excluding hydrogens is 280 g/mol. The zero-order valence-electron chi connectivity index (χ0n) is 13.7. The van der Waals surface area contributed by atoms with Gasteiger partial charge in [-0.2, -0.15) is 0 Å². The van der Waals surface area contributed by atoms with Gasteiger partial charge in [-0.1, -0.05) is 12.2 Å². The number of aliphatic imine (C=N–C) groups is 1. The van der Waals surface area contributed by atoms with Crippen molar-refractivity contribution in [3.05, 3.63) is 12.2 Å². The molecule has 1 unspecified atom stereocenters. The van der Waals surface area contributed by atoms with Gasteiger partial charge < -0.3 is 20.3 Å². The fourth-order valence-corrected chi connectivity index (χ4v) is 2.55. The second kappa shape index (κ2) is 8.78. The molecular formula is C16H28N4O2. The van der Waals surface area contributed by atoms with Gasteiger partial charge in [-0.25, -0.2) is 4.99 Å². The van der Waals surface area contributed by atoms with E-state index in [1.54, 1.807) is 19.0 Å². The zero-order chi connectivity index (χ0) is 15.8. The Morgan fingerprint density at radius 3 is 2.73 bits per heavy atom. The Balaban J connectivity index is 1.84. The van der Waals surface area contributed by atoms with Crippen molar-refractivity contribution in [2.24, 2.45) is 4.99 Å². The number of rotatable bonds is 5. The number of likely N-dealkylation sites (N-methyl/N-ethyl adjacent to an activating group) is 1. The Morgan fingerprint density at radius 2 is 2.09 bits per heavy atom. The minimum atomic E-state index is -0.000404. The molecule has 0 radical (unpaired) electrons. The summed E-state index contributed by atoms with van der Waals surface area (Å²) in [5.74, 6) is 0.706. The summed E-state index contributed by atoms with van der Waals surface area (Å²) >= 11 is 0. The van der Waals surface area contributed by atoms with Gasteiger partial charge >= 0.3 is 0 Å². The summed E-state index contributed by atoms with van der Waals surface area (Å²) in [6, 6.07) is 0.369. The SMILES string of the molecule is CN(C)C(=O)CN=C(NCC1CCCCO1)NC1CC=CC1. The first kappa shape index (κ1) is 16.8. The molecule has 1 saturated heterocycles. The Hall–Kier alpha value is -1.56. The van der Waals surface area contributed by atoms with Gasteiger partial charge in [0.05, 0.1) is 6.10 Å². The Bertz CT molecular complexity index is 406. The van der Waals surface area contributed by atoms with Gasteiger partial charge in [0.2, 0.25) is 5.91 Å². The summed E-state index contributed by atoms with van der Waals surface area (Å²) < 4.78 is 5.73. The number of amides is 1. The van der Waals surface area contributed by atoms with E-state index < -0.39 is 0 Å². The number of nitrogens with one attached hydrogen (secondary N) is 2. The van der Waals surface area contributed by atoms with Crippen molar-refractivity contribution in [2.45, 2.75) is 44.2 Å². The second-order valence-corrected chi connectivity index (χ2v) is 6.11. The third kappa shape index (κ3) is 5.67. The van der Waals surface area contributed by atoms with Crippen LogP contribution in [0.2, 0.25) is 0 Å². The highest BCUT2D eigenvalue weighted by Gasteiger charge is 2.16. The Kier molecular flexibility index (Phi) is 6.71. The molecule has 6 heteroatoms. The Morgan fingerprint density at radius 1 is 1.32 bits per heavy atom. The highest BCUT2D eigenvalue weighted by Crippen LogP contribution is 2.12. The molecule has 2 rings (SSSR count). The van der Waals surface area contributed by atoms with Crippen LogP contribution in [-0.2, 0) is 9.53 Å². The van der Waals surface area contributed by atoms with Gasteiger partial charge in [-0.3, -0.25) is 4.79 Å². The van der Waals surface area contributed by atoms with Crippen LogP contribution in [0.15, 0.2) is 17.1 Å². The topological polar surface area (TPSA) is 66.0 Å². The van der Waals surface area contributed by atoms with E-state index in [1.807, 2.05) is 0 Å². The van der Waals surface area contributed by atoms with Gasteiger partial charge in [0.1, 0.15) is 6.54 Å². The average molecular weight is 308 g/mol. The zero-order valence-corrected chi connectivity index (χ0v) is 13.7. The molecule has 2 aliphatic rings. The Labute approximate surface area is 133 Å². The molecule has 6 nitrogen and oxygen atoms in total. The van der Waals surface area contributed by atoms with Crippen LogP contribution >= 0.6 is 0 Å². The summed E-state index contributed by atoms with van der Waals surface area (Å²) in [6.45, 7) is 1.74. The van der Waals surface area contributed by atoms with Gasteiger partial charge in [0, 0.05) is 33.3 Å². The maximum absolute atomic E-state index is 11.7. The predicted molar refractivity (Wildman–Crippen MR) is 87.9 cm³/mol. The van der Waals surface area contributed by atoms with Crippen molar-refractivity contribution in [3.8, 4) is 0 Å². The summed E-state index contributed by atoms with van der Waals surface area (Å²) in [4.78, 5) is 17.7. The van der Waals surface area contributed by atoms with Gasteiger partial charge in [-0.05, 0) is 32.1 Å². The van der Waals surface area contributed by atoms with E-state index in [2.05, 4.69) is 27.8 Å². The molecule has 1 aliphatic carbocycles. The maximum atomic E-state index is 11.7. The van der Waals surface area contributed by atoms with Crippen molar-refractivity contribution in [1.82, 2.24) is 15.5 Å². The van der Waals surface area contributed by atoms with E-state index in [1.165, 1.54) is 6.42 Å². The molecule has 0 spiro atoms. The lowest BCUT2D eigenvalue weighted by atomic mass is 10.1. The molecule has 22 heavy (non-hydrogen) atoms. The molecule has 0 aromatic carbocycles. The predicted octanol–water partition coefficient (Wildman–Crippen LogP) is 0.898. The molecule has 1 amide bonds. The smallest absolute Gasteiger partial charge is 0.243 e. The quantitative estimate of drug-likeness (QED) is 0.450. The average Bonchev–Trinajstić information content (AvgIpc) is 3.03. The lowest BCUT2D eigenvalue weighted by molar-refractivity contribution is -0.127. The first-order chi connectivity index (χ1) is 10.6. The lowest BCUT2D eigenvalue weighted by Crippen LogP contribution is -2.46. The number of hydrogen-bond donors (Lipinski definition) is 2. The number of carbonyl (C=O) groups excluding carboxylic acids is 1. The fourth-order valence-electron chi connectivity index (χ4n) is 2.55. The minimum Gasteiger partial charge on any atom is -0.376 e. The lowest BCUT2D eigenvalue weighted by Gasteiger charge is -2.25. The molecule has 0 saturated carbocycles. The van der Waals surface area contributed by atoms with Crippen molar-refractivity contribution < 1.29 is 9.53 Å². The molecule has 1 heterocycles. The largest absolute Gasteiger partial charge is 0.376 e. The van der Waals surface area contributed by atoms with Crippen LogP contribution in [0.4, 0.5) is 0 Å². The van der Waals surface area contributed by atoms with Crippen molar-refractivity contribution >= 4 is 11.9 Å². The number of nitrogens with zero attached hydrogens (tertiary/aromatic N) is 2. The molecule has 0 aromatic rings. The molecule has 1 aliphatic heterocycles. The van der Waals surface area contributed by atoms with Gasteiger partial charge in [0.15, 0.2) is 5.96 Å². The standard InChI is InChI=1S/C16H28N4O2/c1-20(2)15(21)12-18-16(19-13-7-3-4-8-13)17-11-14-9-5-6-10-22-14/h3-4,13-14H,5-12H2,1-2H3,(H2,17,18,19). The highest BCUT2D eigenvalue weighted by atomic mass is 16.5. The third-order valence-corrected chi connectivity index (χ3v) is 3.99. The van der Waals surface area contributed by atoms with Gasteiger partial charge in [-0.15, -0.1) is 0 Å². The number of carbonyl (C=O) groups is 1. The van der Waals surface area contributed by atoms with E-state index in [9.17, 15) is 4.79 Å². The van der Waals surface area contributed by atoms with Crippen LogP contribution in [-0.4, -0.2) is 62.7 Å². The van der Waals surface area contributed by atoms with E-state index in [-0.39, 0.29) is 18.6 Å². The van der Waals surface area contributed by atoms with Crippen LogP contribution in [0.5, 0.6) is 0 Å². The van der Waals surface area contributed by atoms with E-state index in [0.29, 0.717) is 12.0 Å². The molecule has 0 aromatic heterocycles. The first-order valence-electron chi connectivity index (χ1n) is 8.16. The molecule has 1 fully saturated rings. The van der Waals surface area contributed by atoms with E-state index >= 15 is 0 Å². The van der Waals surface area contributed by atoms with Gasteiger partial charge in [0.25, 0.3) is 0 Å². The highest BCUT2D eigenvalue weighted by molar-refractivity contribution is 5.85. The molecule has 2 N–H and O–H groups in total. The summed E-state index contributed by atoms with van der Waals surface area (Å²) in [5.41, 5.74) is 0. The van der Waals surface area contributed by atoms with Crippen LogP contribution < -0.4 is 10.6 Å². The monoisotopic (exact) mass is 308 g/mol. The number of ether oxygens (including phenoxy) is 1. The van der Waals surface area contributed by atoms with E-state index in [0.717, 1.165) is 38.8 Å². The first-order valence-corrected chi connectivity index (χ1v) is 8.16. The second-order valence-electron chi connectivity index (χ2n) is 6.11. The van der Waals surface area contributed by atoms with Crippen LogP contribution in [0, 0.1) is 0 Å². The maximum Gasteiger partial charge on any atom is 0.243 e. The summed E-state index contributed by atoms with van der Waals surface area (Å²) in [6.07, 6.45) is 10.0. The molecule has 1 atom stereocenters.